The maximum atomic E-state index is 5.94. The van der Waals surface area contributed by atoms with Crippen molar-refractivity contribution in [2.45, 2.75) is 65.5 Å². The van der Waals surface area contributed by atoms with E-state index in [1.54, 1.807) is 0 Å². The molecule has 0 bridgehead atoms. The van der Waals surface area contributed by atoms with Crippen LogP contribution in [0.3, 0.4) is 0 Å². The maximum Gasteiger partial charge on any atom is 0.131 e. The SMILES string of the molecule is CCCCCN(c1ncccc1CC(C)N)C(C)C. The number of hydrogen-bond donors (Lipinski definition) is 1. The molecule has 1 aromatic heterocycles. The highest BCUT2D eigenvalue weighted by Gasteiger charge is 2.15. The molecule has 0 saturated heterocycles. The Hall–Kier alpha value is -1.09. The van der Waals surface area contributed by atoms with Crippen molar-refractivity contribution in [2.75, 3.05) is 11.4 Å². The Bertz CT molecular complexity index is 361. The second-order valence-electron chi connectivity index (χ2n) is 5.66. The fourth-order valence-corrected chi connectivity index (χ4v) is 2.34. The lowest BCUT2D eigenvalue weighted by molar-refractivity contribution is 0.614. The average molecular weight is 263 g/mol. The van der Waals surface area contributed by atoms with Gasteiger partial charge in [0.2, 0.25) is 0 Å². The van der Waals surface area contributed by atoms with Gasteiger partial charge in [0.05, 0.1) is 0 Å². The van der Waals surface area contributed by atoms with Crippen molar-refractivity contribution in [1.82, 2.24) is 4.98 Å². The van der Waals surface area contributed by atoms with Gasteiger partial charge in [-0.25, -0.2) is 4.98 Å². The van der Waals surface area contributed by atoms with Crippen LogP contribution in [-0.2, 0) is 6.42 Å². The molecule has 1 unspecified atom stereocenters. The van der Waals surface area contributed by atoms with E-state index >= 15 is 0 Å². The summed E-state index contributed by atoms with van der Waals surface area (Å²) in [4.78, 5) is 7.01. The third-order valence-corrected chi connectivity index (χ3v) is 3.31. The summed E-state index contributed by atoms with van der Waals surface area (Å²) in [5, 5.41) is 0. The number of aromatic nitrogens is 1. The molecule has 2 N–H and O–H groups in total. The number of unbranched alkanes of at least 4 members (excludes halogenated alkanes) is 2. The Kier molecular flexibility index (Phi) is 6.85. The van der Waals surface area contributed by atoms with Crippen LogP contribution in [0.5, 0.6) is 0 Å². The average Bonchev–Trinajstić information content (AvgIpc) is 2.35. The van der Waals surface area contributed by atoms with Crippen LogP contribution >= 0.6 is 0 Å². The van der Waals surface area contributed by atoms with Gasteiger partial charge in [0.15, 0.2) is 0 Å². The Morgan fingerprint density at radius 1 is 1.26 bits per heavy atom. The Morgan fingerprint density at radius 3 is 2.58 bits per heavy atom. The van der Waals surface area contributed by atoms with E-state index in [-0.39, 0.29) is 6.04 Å². The summed E-state index contributed by atoms with van der Waals surface area (Å²) < 4.78 is 0. The first-order chi connectivity index (χ1) is 9.06. The minimum absolute atomic E-state index is 0.174. The van der Waals surface area contributed by atoms with E-state index < -0.39 is 0 Å². The highest BCUT2D eigenvalue weighted by atomic mass is 15.2. The van der Waals surface area contributed by atoms with E-state index in [4.69, 9.17) is 5.73 Å². The van der Waals surface area contributed by atoms with Crippen molar-refractivity contribution in [3.8, 4) is 0 Å². The summed E-state index contributed by atoms with van der Waals surface area (Å²) in [5.41, 5.74) is 7.21. The molecular weight excluding hydrogens is 234 g/mol. The normalized spacial score (nSPS) is 12.7. The van der Waals surface area contributed by atoms with E-state index in [1.807, 2.05) is 19.2 Å². The molecule has 0 spiro atoms. The molecule has 0 fully saturated rings. The lowest BCUT2D eigenvalue weighted by Gasteiger charge is -2.30. The van der Waals surface area contributed by atoms with Gasteiger partial charge in [-0.15, -0.1) is 0 Å². The molecule has 1 aromatic rings. The summed E-state index contributed by atoms with van der Waals surface area (Å²) in [6.45, 7) is 9.83. The summed E-state index contributed by atoms with van der Waals surface area (Å²) in [6, 6.07) is 4.80. The molecule has 0 amide bonds. The van der Waals surface area contributed by atoms with Crippen molar-refractivity contribution < 1.29 is 0 Å². The van der Waals surface area contributed by atoms with Crippen molar-refractivity contribution in [1.29, 1.82) is 0 Å². The zero-order valence-corrected chi connectivity index (χ0v) is 12.9. The Balaban J connectivity index is 2.88. The van der Waals surface area contributed by atoms with Gasteiger partial charge in [-0.1, -0.05) is 25.8 Å². The fourth-order valence-electron chi connectivity index (χ4n) is 2.34. The molecule has 0 aliphatic heterocycles. The van der Waals surface area contributed by atoms with Crippen molar-refractivity contribution in [3.63, 3.8) is 0 Å². The van der Waals surface area contributed by atoms with E-state index in [0.29, 0.717) is 6.04 Å². The maximum absolute atomic E-state index is 5.94. The third-order valence-electron chi connectivity index (χ3n) is 3.31. The zero-order valence-electron chi connectivity index (χ0n) is 12.9. The molecule has 0 aliphatic rings. The molecule has 3 heteroatoms. The Labute approximate surface area is 118 Å². The van der Waals surface area contributed by atoms with Gasteiger partial charge >= 0.3 is 0 Å². The van der Waals surface area contributed by atoms with Crippen LogP contribution in [0.25, 0.3) is 0 Å². The van der Waals surface area contributed by atoms with E-state index in [0.717, 1.165) is 18.8 Å². The third kappa shape index (κ3) is 5.19. The highest BCUT2D eigenvalue weighted by molar-refractivity contribution is 5.47. The summed E-state index contributed by atoms with van der Waals surface area (Å²) in [7, 11) is 0. The number of pyridine rings is 1. The lowest BCUT2D eigenvalue weighted by atomic mass is 10.1. The molecule has 1 heterocycles. The van der Waals surface area contributed by atoms with E-state index in [9.17, 15) is 0 Å². The quantitative estimate of drug-likeness (QED) is 0.731. The van der Waals surface area contributed by atoms with Crippen LogP contribution in [0.1, 0.15) is 52.5 Å². The molecule has 1 rings (SSSR count). The first-order valence-electron chi connectivity index (χ1n) is 7.52. The largest absolute Gasteiger partial charge is 0.354 e. The number of nitrogens with zero attached hydrogens (tertiary/aromatic N) is 2. The number of anilines is 1. The molecule has 0 aliphatic carbocycles. The monoisotopic (exact) mass is 263 g/mol. The summed E-state index contributed by atoms with van der Waals surface area (Å²) in [5.74, 6) is 1.12. The zero-order chi connectivity index (χ0) is 14.3. The molecular formula is C16H29N3. The number of hydrogen-bond acceptors (Lipinski definition) is 3. The topological polar surface area (TPSA) is 42.2 Å². The minimum Gasteiger partial charge on any atom is -0.354 e. The van der Waals surface area contributed by atoms with Crippen molar-refractivity contribution in [2.24, 2.45) is 5.73 Å². The molecule has 19 heavy (non-hydrogen) atoms. The Morgan fingerprint density at radius 2 is 2.00 bits per heavy atom. The second kappa shape index (κ2) is 8.16. The van der Waals surface area contributed by atoms with Crippen LogP contribution < -0.4 is 10.6 Å². The molecule has 3 nitrogen and oxygen atoms in total. The van der Waals surface area contributed by atoms with Gasteiger partial charge in [0, 0.05) is 24.8 Å². The molecule has 0 aromatic carbocycles. The van der Waals surface area contributed by atoms with Crippen LogP contribution in [0.4, 0.5) is 5.82 Å². The van der Waals surface area contributed by atoms with Crippen molar-refractivity contribution in [3.05, 3.63) is 23.9 Å². The lowest BCUT2D eigenvalue weighted by Crippen LogP contribution is -2.34. The molecule has 0 saturated carbocycles. The van der Waals surface area contributed by atoms with Crippen molar-refractivity contribution >= 4 is 5.82 Å². The minimum atomic E-state index is 0.174. The second-order valence-corrected chi connectivity index (χ2v) is 5.66. The van der Waals surface area contributed by atoms with Crippen LogP contribution in [0, 0.1) is 0 Å². The molecule has 0 radical (unpaired) electrons. The van der Waals surface area contributed by atoms with Gasteiger partial charge in [-0.3, -0.25) is 0 Å². The number of rotatable bonds is 8. The standard InChI is InChI=1S/C16H29N3/c1-5-6-7-11-19(13(2)3)16-15(12-14(4)17)9-8-10-18-16/h8-10,13-14H,5-7,11-12,17H2,1-4H3. The van der Waals surface area contributed by atoms with E-state index in [2.05, 4.69) is 36.7 Å². The van der Waals surface area contributed by atoms with Crippen LogP contribution in [0.15, 0.2) is 18.3 Å². The van der Waals surface area contributed by atoms with Gasteiger partial charge in [-0.2, -0.15) is 0 Å². The molecule has 1 atom stereocenters. The van der Waals surface area contributed by atoms with Gasteiger partial charge in [0.1, 0.15) is 5.82 Å². The van der Waals surface area contributed by atoms with Gasteiger partial charge in [0.25, 0.3) is 0 Å². The first kappa shape index (κ1) is 16.0. The van der Waals surface area contributed by atoms with Gasteiger partial charge in [-0.05, 0) is 45.2 Å². The summed E-state index contributed by atoms with van der Waals surface area (Å²) >= 11 is 0. The van der Waals surface area contributed by atoms with Crippen LogP contribution in [0.2, 0.25) is 0 Å². The first-order valence-corrected chi connectivity index (χ1v) is 7.52. The van der Waals surface area contributed by atoms with E-state index in [1.165, 1.54) is 24.8 Å². The van der Waals surface area contributed by atoms with Crippen LogP contribution in [-0.4, -0.2) is 23.6 Å². The smallest absolute Gasteiger partial charge is 0.131 e. The summed E-state index contributed by atoms with van der Waals surface area (Å²) in [6.07, 6.45) is 6.53. The predicted molar refractivity (Wildman–Crippen MR) is 83.6 cm³/mol. The molecule has 108 valence electrons. The highest BCUT2D eigenvalue weighted by Crippen LogP contribution is 2.21. The van der Waals surface area contributed by atoms with Gasteiger partial charge < -0.3 is 10.6 Å². The number of nitrogens with two attached hydrogens (primary N) is 1. The fraction of sp³-hybridized carbons (Fsp3) is 0.688. The predicted octanol–water partition coefficient (Wildman–Crippen LogP) is 3.38.